The minimum absolute atomic E-state index is 0.0390. The molecule has 138 valence electrons. The molecule has 1 aromatic heterocycles. The number of hydrogen-bond donors (Lipinski definition) is 0. The molecule has 1 aliphatic heterocycles. The Morgan fingerprint density at radius 1 is 1.31 bits per heavy atom. The van der Waals surface area contributed by atoms with Gasteiger partial charge in [-0.25, -0.2) is 9.78 Å². The number of alkyl halides is 3. The van der Waals surface area contributed by atoms with Crippen molar-refractivity contribution >= 4 is 28.2 Å². The first-order valence-corrected chi connectivity index (χ1v) is 8.35. The number of carbonyl (C=O) groups is 2. The molecule has 0 radical (unpaired) electrons. The molecule has 1 amide bonds. The van der Waals surface area contributed by atoms with Gasteiger partial charge in [0.05, 0.1) is 13.2 Å². The van der Waals surface area contributed by atoms with E-state index in [2.05, 4.69) is 4.98 Å². The highest BCUT2D eigenvalue weighted by Crippen LogP contribution is 2.39. The molecule has 1 saturated heterocycles. The Balaban J connectivity index is 1.87. The van der Waals surface area contributed by atoms with E-state index in [1.54, 1.807) is 30.3 Å². The van der Waals surface area contributed by atoms with E-state index in [0.717, 1.165) is 4.90 Å². The normalized spacial score (nSPS) is 15.2. The standard InChI is InChI=1S/C16H13F3N2O4S/c17-16(18,19)15-20-12(13(26-15)21-6-7-24-9-11(21)22)14(23)25-8-10-4-2-1-3-5-10/h1-5H,6-9H2. The minimum Gasteiger partial charge on any atom is -0.456 e. The second-order valence-electron chi connectivity index (χ2n) is 5.33. The van der Waals surface area contributed by atoms with E-state index in [0.29, 0.717) is 5.56 Å². The molecule has 1 fully saturated rings. The van der Waals surface area contributed by atoms with Crippen LogP contribution >= 0.6 is 11.3 Å². The maximum atomic E-state index is 13.0. The third kappa shape index (κ3) is 4.02. The summed E-state index contributed by atoms with van der Waals surface area (Å²) in [5, 5.41) is -1.39. The molecule has 0 bridgehead atoms. The van der Waals surface area contributed by atoms with E-state index in [4.69, 9.17) is 9.47 Å². The first-order chi connectivity index (χ1) is 12.4. The minimum atomic E-state index is -4.73. The largest absolute Gasteiger partial charge is 0.456 e. The maximum absolute atomic E-state index is 13.0. The summed E-state index contributed by atoms with van der Waals surface area (Å²) >= 11 is 0.239. The van der Waals surface area contributed by atoms with Gasteiger partial charge in [0.25, 0.3) is 5.91 Å². The molecule has 3 rings (SSSR count). The number of halogens is 3. The SMILES string of the molecule is O=C(OCc1ccccc1)c1nc(C(F)(F)F)sc1N1CCOCC1=O. The number of carbonyl (C=O) groups excluding carboxylic acids is 2. The van der Waals surface area contributed by atoms with Crippen LogP contribution in [-0.2, 0) is 27.1 Å². The molecular weight excluding hydrogens is 373 g/mol. The average molecular weight is 386 g/mol. The van der Waals surface area contributed by atoms with E-state index < -0.39 is 28.8 Å². The topological polar surface area (TPSA) is 68.7 Å². The van der Waals surface area contributed by atoms with Crippen molar-refractivity contribution in [3.8, 4) is 0 Å². The molecule has 2 heterocycles. The predicted octanol–water partition coefficient (Wildman–Crippen LogP) is 2.88. The number of morpholine rings is 1. The van der Waals surface area contributed by atoms with E-state index in [1.165, 1.54) is 0 Å². The lowest BCUT2D eigenvalue weighted by Gasteiger charge is -2.25. The van der Waals surface area contributed by atoms with Gasteiger partial charge in [-0.2, -0.15) is 13.2 Å². The Labute approximate surface area is 150 Å². The third-order valence-electron chi connectivity index (χ3n) is 3.49. The van der Waals surface area contributed by atoms with Crippen LogP contribution in [0.4, 0.5) is 18.2 Å². The van der Waals surface area contributed by atoms with Gasteiger partial charge in [0, 0.05) is 0 Å². The fraction of sp³-hybridized carbons (Fsp3) is 0.312. The van der Waals surface area contributed by atoms with Crippen molar-refractivity contribution in [1.82, 2.24) is 4.98 Å². The molecule has 6 nitrogen and oxygen atoms in total. The third-order valence-corrected chi connectivity index (χ3v) is 4.61. The van der Waals surface area contributed by atoms with Gasteiger partial charge in [0.2, 0.25) is 5.01 Å². The number of aromatic nitrogens is 1. The summed E-state index contributed by atoms with van der Waals surface area (Å²) in [4.78, 5) is 28.7. The molecule has 0 unspecified atom stereocenters. The first-order valence-electron chi connectivity index (χ1n) is 7.53. The summed E-state index contributed by atoms with van der Waals surface area (Å²) < 4.78 is 49.1. The molecule has 26 heavy (non-hydrogen) atoms. The number of amides is 1. The highest BCUT2D eigenvalue weighted by molar-refractivity contribution is 7.16. The lowest BCUT2D eigenvalue weighted by molar-refractivity contribution is -0.137. The van der Waals surface area contributed by atoms with Crippen molar-refractivity contribution in [2.45, 2.75) is 12.8 Å². The average Bonchev–Trinajstić information content (AvgIpc) is 3.06. The Morgan fingerprint density at radius 2 is 2.04 bits per heavy atom. The van der Waals surface area contributed by atoms with E-state index in [9.17, 15) is 22.8 Å². The van der Waals surface area contributed by atoms with Crippen LogP contribution in [0.5, 0.6) is 0 Å². The summed E-state index contributed by atoms with van der Waals surface area (Å²) in [6.45, 7) is -0.187. The van der Waals surface area contributed by atoms with Gasteiger partial charge in [-0.05, 0) is 5.56 Å². The lowest BCUT2D eigenvalue weighted by atomic mass is 10.2. The Bertz CT molecular complexity index is 808. The van der Waals surface area contributed by atoms with E-state index in [-0.39, 0.29) is 42.7 Å². The van der Waals surface area contributed by atoms with Crippen LogP contribution in [0.3, 0.4) is 0 Å². The number of ether oxygens (including phenoxy) is 2. The molecule has 0 saturated carbocycles. The molecule has 2 aromatic rings. The molecule has 1 aromatic carbocycles. The quantitative estimate of drug-likeness (QED) is 0.756. The van der Waals surface area contributed by atoms with Crippen LogP contribution < -0.4 is 4.90 Å². The number of thiazole rings is 1. The van der Waals surface area contributed by atoms with Crippen LogP contribution in [-0.4, -0.2) is 36.6 Å². The van der Waals surface area contributed by atoms with E-state index >= 15 is 0 Å². The van der Waals surface area contributed by atoms with Crippen molar-refractivity contribution in [1.29, 1.82) is 0 Å². The summed E-state index contributed by atoms with van der Waals surface area (Å²) in [6, 6.07) is 8.68. The lowest BCUT2D eigenvalue weighted by Crippen LogP contribution is -2.41. The monoisotopic (exact) mass is 386 g/mol. The number of esters is 1. The zero-order valence-corrected chi connectivity index (χ0v) is 14.1. The molecule has 0 aliphatic carbocycles. The maximum Gasteiger partial charge on any atom is 0.443 e. The Hall–Kier alpha value is -2.46. The molecular formula is C16H13F3N2O4S. The van der Waals surface area contributed by atoms with Crippen LogP contribution in [0.25, 0.3) is 0 Å². The summed E-state index contributed by atoms with van der Waals surface area (Å²) in [6.07, 6.45) is -4.73. The van der Waals surface area contributed by atoms with Crippen LogP contribution in [0.2, 0.25) is 0 Å². The summed E-state index contributed by atoms with van der Waals surface area (Å²) in [5.41, 5.74) is 0.157. The fourth-order valence-electron chi connectivity index (χ4n) is 2.27. The number of nitrogens with zero attached hydrogens (tertiary/aromatic N) is 2. The van der Waals surface area contributed by atoms with Gasteiger partial charge in [-0.3, -0.25) is 9.69 Å². The number of benzene rings is 1. The zero-order valence-electron chi connectivity index (χ0n) is 13.3. The smallest absolute Gasteiger partial charge is 0.443 e. The van der Waals surface area contributed by atoms with Gasteiger partial charge in [0.1, 0.15) is 18.2 Å². The first kappa shape index (κ1) is 18.3. The van der Waals surface area contributed by atoms with Gasteiger partial charge >= 0.3 is 12.1 Å². The van der Waals surface area contributed by atoms with Crippen LogP contribution in [0.15, 0.2) is 30.3 Å². The van der Waals surface area contributed by atoms with Crippen molar-refractivity contribution in [3.63, 3.8) is 0 Å². The van der Waals surface area contributed by atoms with Crippen LogP contribution in [0, 0.1) is 0 Å². The number of rotatable bonds is 4. The number of hydrogen-bond acceptors (Lipinski definition) is 6. The van der Waals surface area contributed by atoms with Gasteiger partial charge in [-0.15, -0.1) is 0 Å². The van der Waals surface area contributed by atoms with E-state index in [1.807, 2.05) is 0 Å². The van der Waals surface area contributed by atoms with Crippen molar-refractivity contribution in [2.24, 2.45) is 0 Å². The predicted molar refractivity (Wildman–Crippen MR) is 85.8 cm³/mol. The zero-order chi connectivity index (χ0) is 18.7. The van der Waals surface area contributed by atoms with Gasteiger partial charge in [0.15, 0.2) is 5.69 Å². The van der Waals surface area contributed by atoms with Gasteiger partial charge in [-0.1, -0.05) is 41.7 Å². The summed E-state index contributed by atoms with van der Waals surface area (Å²) in [7, 11) is 0. The van der Waals surface area contributed by atoms with Crippen LogP contribution in [0.1, 0.15) is 21.1 Å². The molecule has 1 aliphatic rings. The Kier molecular flexibility index (Phi) is 5.23. The highest BCUT2D eigenvalue weighted by Gasteiger charge is 2.39. The van der Waals surface area contributed by atoms with Crippen molar-refractivity contribution < 1.29 is 32.2 Å². The van der Waals surface area contributed by atoms with Gasteiger partial charge < -0.3 is 9.47 Å². The molecule has 0 N–H and O–H groups in total. The number of anilines is 1. The second-order valence-corrected chi connectivity index (χ2v) is 6.31. The fourth-order valence-corrected chi connectivity index (χ4v) is 3.24. The van der Waals surface area contributed by atoms with Crippen molar-refractivity contribution in [2.75, 3.05) is 24.7 Å². The summed E-state index contributed by atoms with van der Waals surface area (Å²) in [5.74, 6) is -1.55. The Morgan fingerprint density at radius 3 is 2.69 bits per heavy atom. The molecule has 0 spiro atoms. The highest BCUT2D eigenvalue weighted by atomic mass is 32.1. The molecule has 10 heteroatoms. The van der Waals surface area contributed by atoms with Crippen molar-refractivity contribution in [3.05, 3.63) is 46.6 Å². The molecule has 0 atom stereocenters. The second kappa shape index (κ2) is 7.42.